The van der Waals surface area contributed by atoms with Crippen LogP contribution in [0.15, 0.2) is 127 Å². The van der Waals surface area contributed by atoms with Crippen LogP contribution in [0.2, 0.25) is 0 Å². The molecule has 1 heterocycles. The van der Waals surface area contributed by atoms with Crippen LogP contribution in [0.3, 0.4) is 0 Å². The molecule has 1 N–H and O–H groups in total. The lowest BCUT2D eigenvalue weighted by Gasteiger charge is -2.14. The van der Waals surface area contributed by atoms with Crippen molar-refractivity contribution in [3.05, 3.63) is 150 Å². The lowest BCUT2D eigenvalue weighted by Crippen LogP contribution is -2.09. The third-order valence-electron chi connectivity index (χ3n) is 7.54. The van der Waals surface area contributed by atoms with Crippen molar-refractivity contribution >= 4 is 16.9 Å². The molecule has 0 spiro atoms. The second-order valence-electron chi connectivity index (χ2n) is 10.6. The van der Waals surface area contributed by atoms with E-state index in [1.807, 2.05) is 78.9 Å². The third-order valence-corrected chi connectivity index (χ3v) is 7.54. The zero-order valence-corrected chi connectivity index (χ0v) is 24.5. The minimum Gasteiger partial charge on any atom is -0.489 e. The minimum atomic E-state index is -1.00. The van der Waals surface area contributed by atoms with Gasteiger partial charge in [0.15, 0.2) is 6.61 Å². The van der Waals surface area contributed by atoms with Crippen LogP contribution in [0.4, 0.5) is 0 Å². The van der Waals surface area contributed by atoms with E-state index in [0.29, 0.717) is 25.5 Å². The average Bonchev–Trinajstić information content (AvgIpc) is 3.33. The molecule has 0 saturated carbocycles. The van der Waals surface area contributed by atoms with Gasteiger partial charge in [-0.15, -0.1) is 0 Å². The smallest absolute Gasteiger partial charge is 0.341 e. The maximum Gasteiger partial charge on any atom is 0.341 e. The van der Waals surface area contributed by atoms with Gasteiger partial charge in [0, 0.05) is 17.4 Å². The van der Waals surface area contributed by atoms with E-state index in [2.05, 4.69) is 60.0 Å². The van der Waals surface area contributed by atoms with Crippen molar-refractivity contribution in [3.63, 3.8) is 0 Å². The van der Waals surface area contributed by atoms with Crippen LogP contribution in [0.5, 0.6) is 17.2 Å². The molecule has 0 saturated heterocycles. The highest BCUT2D eigenvalue weighted by Crippen LogP contribution is 2.37. The quantitative estimate of drug-likeness (QED) is 0.157. The summed E-state index contributed by atoms with van der Waals surface area (Å²) in [5.41, 5.74) is 7.76. The number of aryl methyl sites for hydroxylation is 1. The van der Waals surface area contributed by atoms with Crippen LogP contribution in [0, 0.1) is 6.92 Å². The Morgan fingerprint density at radius 3 is 1.80 bits per heavy atom. The summed E-state index contributed by atoms with van der Waals surface area (Å²) in [6, 6.07) is 42.4. The van der Waals surface area contributed by atoms with E-state index in [0.717, 1.165) is 55.9 Å². The Labute approximate surface area is 256 Å². The SMILES string of the molecule is Cc1c(-c2ccc(OCc3ccccc3)cc2)n(Cc2ccc(OCC(=O)O)cc2)c2ccc(OCc3ccccc3)cc12. The Kier molecular flexibility index (Phi) is 8.60. The van der Waals surface area contributed by atoms with Crippen molar-refractivity contribution in [1.29, 1.82) is 0 Å². The van der Waals surface area contributed by atoms with Gasteiger partial charge in [0.2, 0.25) is 0 Å². The van der Waals surface area contributed by atoms with Gasteiger partial charge in [-0.2, -0.15) is 0 Å². The number of benzene rings is 5. The molecule has 6 aromatic rings. The largest absolute Gasteiger partial charge is 0.489 e. The lowest BCUT2D eigenvalue weighted by molar-refractivity contribution is -0.139. The van der Waals surface area contributed by atoms with Gasteiger partial charge < -0.3 is 23.9 Å². The van der Waals surface area contributed by atoms with Crippen molar-refractivity contribution in [3.8, 4) is 28.5 Å². The molecule has 0 atom stereocenters. The third kappa shape index (κ3) is 6.76. The lowest BCUT2D eigenvalue weighted by atomic mass is 10.1. The standard InChI is InChI=1S/C38H33NO5/c1-27-35-22-34(43-25-30-10-6-3-7-11-30)20-21-36(35)39(23-28-12-16-32(17-13-28)44-26-37(40)41)38(27)31-14-18-33(19-15-31)42-24-29-8-4-2-5-9-29/h2-22H,23-26H2,1H3,(H,40,41). The zero-order chi connectivity index (χ0) is 30.3. The van der Waals surface area contributed by atoms with Gasteiger partial charge in [-0.25, -0.2) is 4.79 Å². The highest BCUT2D eigenvalue weighted by Gasteiger charge is 2.17. The van der Waals surface area contributed by atoms with Crippen LogP contribution in [0.1, 0.15) is 22.3 Å². The van der Waals surface area contributed by atoms with Crippen LogP contribution < -0.4 is 14.2 Å². The van der Waals surface area contributed by atoms with E-state index in [9.17, 15) is 4.79 Å². The first-order chi connectivity index (χ1) is 21.5. The van der Waals surface area contributed by atoms with Gasteiger partial charge in [0.25, 0.3) is 0 Å². The fourth-order valence-corrected chi connectivity index (χ4v) is 5.34. The van der Waals surface area contributed by atoms with Gasteiger partial charge in [-0.05, 0) is 89.3 Å². The number of carbonyl (C=O) groups is 1. The number of aliphatic carboxylic acids is 1. The van der Waals surface area contributed by atoms with Crippen LogP contribution in [0.25, 0.3) is 22.2 Å². The maximum atomic E-state index is 10.9. The molecular formula is C38H33NO5. The summed E-state index contributed by atoms with van der Waals surface area (Å²) >= 11 is 0. The fraction of sp³-hybridized carbons (Fsp3) is 0.132. The topological polar surface area (TPSA) is 69.9 Å². The fourth-order valence-electron chi connectivity index (χ4n) is 5.34. The van der Waals surface area contributed by atoms with E-state index >= 15 is 0 Å². The summed E-state index contributed by atoms with van der Waals surface area (Å²) in [5, 5.41) is 10.1. The van der Waals surface area contributed by atoms with Crippen molar-refractivity contribution in [1.82, 2.24) is 4.57 Å². The van der Waals surface area contributed by atoms with Crippen molar-refractivity contribution in [2.75, 3.05) is 6.61 Å². The van der Waals surface area contributed by atoms with Crippen LogP contribution in [-0.4, -0.2) is 22.2 Å². The summed E-state index contributed by atoms with van der Waals surface area (Å²) in [5.74, 6) is 1.15. The van der Waals surface area contributed by atoms with Gasteiger partial charge >= 0.3 is 5.97 Å². The van der Waals surface area contributed by atoms with Crippen molar-refractivity contribution in [2.45, 2.75) is 26.7 Å². The molecular weight excluding hydrogens is 550 g/mol. The molecule has 0 aliphatic rings. The number of rotatable bonds is 12. The van der Waals surface area contributed by atoms with Gasteiger partial charge in [0.1, 0.15) is 30.5 Å². The number of fused-ring (bicyclic) bond motifs is 1. The summed E-state index contributed by atoms with van der Waals surface area (Å²) in [6.45, 7) is 3.41. The van der Waals surface area contributed by atoms with Gasteiger partial charge in [0.05, 0.1) is 5.69 Å². The first-order valence-electron chi connectivity index (χ1n) is 14.5. The molecule has 0 radical (unpaired) electrons. The normalized spacial score (nSPS) is 10.9. The van der Waals surface area contributed by atoms with E-state index < -0.39 is 5.97 Å². The Morgan fingerprint density at radius 2 is 1.18 bits per heavy atom. The number of hydrogen-bond donors (Lipinski definition) is 1. The Bertz CT molecular complexity index is 1840. The Morgan fingerprint density at radius 1 is 0.636 bits per heavy atom. The monoisotopic (exact) mass is 583 g/mol. The molecule has 1 aromatic heterocycles. The molecule has 6 rings (SSSR count). The Hall–Kier alpha value is -5.49. The summed E-state index contributed by atoms with van der Waals surface area (Å²) in [7, 11) is 0. The molecule has 0 aliphatic heterocycles. The molecule has 0 aliphatic carbocycles. The Balaban J connectivity index is 1.31. The van der Waals surface area contributed by atoms with E-state index in [1.54, 1.807) is 0 Å². The first kappa shape index (κ1) is 28.6. The second kappa shape index (κ2) is 13.2. The molecule has 0 bridgehead atoms. The maximum absolute atomic E-state index is 10.9. The predicted octanol–water partition coefficient (Wildman–Crippen LogP) is 8.29. The van der Waals surface area contributed by atoms with Crippen molar-refractivity contribution in [2.24, 2.45) is 0 Å². The zero-order valence-electron chi connectivity index (χ0n) is 24.5. The highest BCUT2D eigenvalue weighted by atomic mass is 16.5. The number of carboxylic acid groups (broad SMARTS) is 1. The van der Waals surface area contributed by atoms with Gasteiger partial charge in [-0.1, -0.05) is 72.8 Å². The minimum absolute atomic E-state index is 0.370. The number of hydrogen-bond acceptors (Lipinski definition) is 4. The first-order valence-corrected chi connectivity index (χ1v) is 14.5. The summed E-state index contributed by atoms with van der Waals surface area (Å²) in [4.78, 5) is 10.9. The predicted molar refractivity (Wildman–Crippen MR) is 172 cm³/mol. The molecule has 0 amide bonds. The highest BCUT2D eigenvalue weighted by molar-refractivity contribution is 5.92. The molecule has 6 heteroatoms. The molecule has 220 valence electrons. The number of carboxylic acids is 1. The van der Waals surface area contributed by atoms with Crippen LogP contribution in [-0.2, 0) is 24.6 Å². The van der Waals surface area contributed by atoms with E-state index in [-0.39, 0.29) is 6.61 Å². The molecule has 6 nitrogen and oxygen atoms in total. The van der Waals surface area contributed by atoms with Crippen LogP contribution >= 0.6 is 0 Å². The number of aromatic nitrogens is 1. The molecule has 0 unspecified atom stereocenters. The molecule has 44 heavy (non-hydrogen) atoms. The summed E-state index contributed by atoms with van der Waals surface area (Å²) in [6.07, 6.45) is 0. The van der Waals surface area contributed by atoms with Crippen molar-refractivity contribution < 1.29 is 24.1 Å². The average molecular weight is 584 g/mol. The van der Waals surface area contributed by atoms with E-state index in [4.69, 9.17) is 19.3 Å². The number of nitrogens with zero attached hydrogens (tertiary/aromatic N) is 1. The number of ether oxygens (including phenoxy) is 3. The van der Waals surface area contributed by atoms with E-state index in [1.165, 1.54) is 0 Å². The second-order valence-corrected chi connectivity index (χ2v) is 10.6. The molecule has 0 fully saturated rings. The van der Waals surface area contributed by atoms with Gasteiger partial charge in [-0.3, -0.25) is 0 Å². The molecule has 5 aromatic carbocycles. The summed E-state index contributed by atoms with van der Waals surface area (Å²) < 4.78 is 19.9.